The zero-order valence-electron chi connectivity index (χ0n) is 19.1. The number of likely N-dealkylation sites (tertiary alicyclic amines) is 1. The highest BCUT2D eigenvalue weighted by Gasteiger charge is 2.25. The number of H-pyrrole nitrogens is 1. The van der Waals surface area contributed by atoms with Gasteiger partial charge in [0.25, 0.3) is 0 Å². The molecule has 1 aliphatic heterocycles. The van der Waals surface area contributed by atoms with Crippen LogP contribution in [0.2, 0.25) is 0 Å². The lowest BCUT2D eigenvalue weighted by atomic mass is 9.87. The topological polar surface area (TPSA) is 74.4 Å². The van der Waals surface area contributed by atoms with Crippen LogP contribution in [0.1, 0.15) is 39.2 Å². The van der Waals surface area contributed by atoms with Crippen LogP contribution >= 0.6 is 0 Å². The fraction of sp³-hybridized carbons (Fsp3) is 0.440. The second-order valence-electron chi connectivity index (χ2n) is 9.56. The quantitative estimate of drug-likeness (QED) is 0.557. The normalized spacial score (nSPS) is 16.5. The molecule has 3 aromatic rings. The minimum Gasteiger partial charge on any atom is -0.492 e. The van der Waals surface area contributed by atoms with E-state index in [2.05, 4.69) is 35.4 Å². The average molecular weight is 456 g/mol. The number of hydrogen-bond acceptors (Lipinski definition) is 4. The largest absolute Gasteiger partial charge is 0.492 e. The molecule has 1 aliphatic rings. The monoisotopic (exact) mass is 455 g/mol. The van der Waals surface area contributed by atoms with Gasteiger partial charge in [-0.3, -0.25) is 4.90 Å². The van der Waals surface area contributed by atoms with Gasteiger partial charge in [-0.1, -0.05) is 39.0 Å². The van der Waals surface area contributed by atoms with Gasteiger partial charge in [0.15, 0.2) is 0 Å². The Morgan fingerprint density at radius 1 is 1.09 bits per heavy atom. The van der Waals surface area contributed by atoms with Gasteiger partial charge in [0.2, 0.25) is 10.0 Å². The number of benzene rings is 2. The minimum atomic E-state index is -3.52. The number of nitrogens with zero attached hydrogens (tertiary/aromatic N) is 1. The van der Waals surface area contributed by atoms with Crippen molar-refractivity contribution in [1.82, 2.24) is 14.6 Å². The molecule has 172 valence electrons. The molecule has 2 aromatic carbocycles. The van der Waals surface area contributed by atoms with Gasteiger partial charge in [0, 0.05) is 29.7 Å². The Hall–Kier alpha value is -2.35. The molecule has 1 fully saturated rings. The van der Waals surface area contributed by atoms with Crippen molar-refractivity contribution < 1.29 is 13.2 Å². The van der Waals surface area contributed by atoms with E-state index in [1.807, 2.05) is 42.6 Å². The molecule has 0 bridgehead atoms. The first-order valence-corrected chi connectivity index (χ1v) is 12.7. The highest BCUT2D eigenvalue weighted by molar-refractivity contribution is 7.89. The van der Waals surface area contributed by atoms with E-state index in [0.717, 1.165) is 54.7 Å². The highest BCUT2D eigenvalue weighted by atomic mass is 32.2. The summed E-state index contributed by atoms with van der Waals surface area (Å²) in [6, 6.07) is 15.3. The number of hydrogen-bond donors (Lipinski definition) is 2. The molecule has 32 heavy (non-hydrogen) atoms. The molecular formula is C25H33N3O3S. The standard InChI is InChI=1S/C25H33N3O3S/c1-25(2,3)19-6-4-7-21(18-19)32(29,30)27-20-11-14-28(15-12-20)16-17-31-24-9-5-8-23-22(24)10-13-26-23/h4-10,13,18,20,26-27H,11-12,14-17H2,1-3H3. The van der Waals surface area contributed by atoms with E-state index in [1.165, 1.54) is 0 Å². The molecule has 2 heterocycles. The van der Waals surface area contributed by atoms with Gasteiger partial charge in [-0.2, -0.15) is 0 Å². The summed E-state index contributed by atoms with van der Waals surface area (Å²) in [5.41, 5.74) is 2.00. The smallest absolute Gasteiger partial charge is 0.240 e. The van der Waals surface area contributed by atoms with Gasteiger partial charge >= 0.3 is 0 Å². The zero-order valence-corrected chi connectivity index (χ0v) is 19.9. The number of aromatic nitrogens is 1. The fourth-order valence-corrected chi connectivity index (χ4v) is 5.51. The van der Waals surface area contributed by atoms with Crippen molar-refractivity contribution in [2.45, 2.75) is 50.0 Å². The third-order valence-electron chi connectivity index (χ3n) is 6.14. The van der Waals surface area contributed by atoms with E-state index < -0.39 is 10.0 Å². The molecule has 2 N–H and O–H groups in total. The maximum Gasteiger partial charge on any atom is 0.240 e. The van der Waals surface area contributed by atoms with E-state index in [1.54, 1.807) is 12.1 Å². The van der Waals surface area contributed by atoms with Crippen LogP contribution in [-0.4, -0.2) is 50.6 Å². The molecule has 4 rings (SSSR count). The van der Waals surface area contributed by atoms with Crippen molar-refractivity contribution in [3.05, 3.63) is 60.3 Å². The first-order valence-electron chi connectivity index (χ1n) is 11.3. The molecule has 0 spiro atoms. The molecule has 0 aliphatic carbocycles. The van der Waals surface area contributed by atoms with Crippen LogP contribution in [-0.2, 0) is 15.4 Å². The van der Waals surface area contributed by atoms with Crippen LogP contribution in [0.4, 0.5) is 0 Å². The lowest BCUT2D eigenvalue weighted by Crippen LogP contribution is -2.45. The minimum absolute atomic E-state index is 0.0379. The van der Waals surface area contributed by atoms with Crippen molar-refractivity contribution in [3.63, 3.8) is 0 Å². The summed E-state index contributed by atoms with van der Waals surface area (Å²) in [6.07, 6.45) is 3.51. The maximum absolute atomic E-state index is 12.9. The van der Waals surface area contributed by atoms with E-state index in [4.69, 9.17) is 4.74 Å². The Bertz CT molecular complexity index is 1160. The van der Waals surface area contributed by atoms with Crippen molar-refractivity contribution in [3.8, 4) is 5.75 Å². The van der Waals surface area contributed by atoms with Crippen LogP contribution in [0, 0.1) is 0 Å². The Labute approximate surface area is 191 Å². The second-order valence-corrected chi connectivity index (χ2v) is 11.3. The molecule has 6 nitrogen and oxygen atoms in total. The number of piperidine rings is 1. The summed E-state index contributed by atoms with van der Waals surface area (Å²) < 4.78 is 34.8. The zero-order chi connectivity index (χ0) is 22.8. The molecule has 0 radical (unpaired) electrons. The van der Waals surface area contributed by atoms with Crippen molar-refractivity contribution in [1.29, 1.82) is 0 Å². The number of fused-ring (bicyclic) bond motifs is 1. The lowest BCUT2D eigenvalue weighted by Gasteiger charge is -2.32. The van der Waals surface area contributed by atoms with Gasteiger partial charge in [-0.15, -0.1) is 0 Å². The highest BCUT2D eigenvalue weighted by Crippen LogP contribution is 2.26. The molecule has 7 heteroatoms. The molecule has 0 amide bonds. The Morgan fingerprint density at radius 3 is 2.59 bits per heavy atom. The SMILES string of the molecule is CC(C)(C)c1cccc(S(=O)(=O)NC2CCN(CCOc3cccc4[nH]ccc34)CC2)c1. The summed E-state index contributed by atoms with van der Waals surface area (Å²) in [6.45, 7) is 9.41. The van der Waals surface area contributed by atoms with Crippen LogP contribution in [0.3, 0.4) is 0 Å². The lowest BCUT2D eigenvalue weighted by molar-refractivity contribution is 0.171. The number of sulfonamides is 1. The first kappa shape index (κ1) is 22.8. The number of rotatable bonds is 7. The van der Waals surface area contributed by atoms with Gasteiger partial charge in [-0.25, -0.2) is 13.1 Å². The number of nitrogens with one attached hydrogen (secondary N) is 2. The summed E-state index contributed by atoms with van der Waals surface area (Å²) in [4.78, 5) is 5.88. The van der Waals surface area contributed by atoms with Crippen LogP contribution in [0.5, 0.6) is 5.75 Å². The molecule has 0 atom stereocenters. The molecule has 0 saturated carbocycles. The maximum atomic E-state index is 12.9. The van der Waals surface area contributed by atoms with Gasteiger partial charge < -0.3 is 9.72 Å². The van der Waals surface area contributed by atoms with E-state index in [0.29, 0.717) is 11.5 Å². The van der Waals surface area contributed by atoms with Gasteiger partial charge in [0.05, 0.1) is 4.90 Å². The average Bonchev–Trinajstić information content (AvgIpc) is 3.24. The molecule has 1 aromatic heterocycles. The predicted octanol–water partition coefficient (Wildman–Crippen LogP) is 4.29. The molecule has 0 unspecified atom stereocenters. The van der Waals surface area contributed by atoms with Gasteiger partial charge in [0.1, 0.15) is 12.4 Å². The Balaban J connectivity index is 1.27. The summed E-state index contributed by atoms with van der Waals surface area (Å²) in [7, 11) is -3.52. The third kappa shape index (κ3) is 5.34. The van der Waals surface area contributed by atoms with E-state index in [-0.39, 0.29) is 11.5 Å². The van der Waals surface area contributed by atoms with Crippen LogP contribution < -0.4 is 9.46 Å². The number of aromatic amines is 1. The van der Waals surface area contributed by atoms with Gasteiger partial charge in [-0.05, 0) is 67.2 Å². The predicted molar refractivity (Wildman–Crippen MR) is 129 cm³/mol. The molecular weight excluding hydrogens is 422 g/mol. The van der Waals surface area contributed by atoms with Crippen molar-refractivity contribution >= 4 is 20.9 Å². The van der Waals surface area contributed by atoms with Crippen LogP contribution in [0.25, 0.3) is 10.9 Å². The van der Waals surface area contributed by atoms with E-state index >= 15 is 0 Å². The van der Waals surface area contributed by atoms with Crippen molar-refractivity contribution in [2.24, 2.45) is 0 Å². The van der Waals surface area contributed by atoms with E-state index in [9.17, 15) is 8.42 Å². The summed E-state index contributed by atoms with van der Waals surface area (Å²) >= 11 is 0. The third-order valence-corrected chi connectivity index (χ3v) is 7.66. The summed E-state index contributed by atoms with van der Waals surface area (Å²) in [5.74, 6) is 0.892. The molecule has 1 saturated heterocycles. The number of ether oxygens (including phenoxy) is 1. The Morgan fingerprint density at radius 2 is 1.84 bits per heavy atom. The van der Waals surface area contributed by atoms with Crippen molar-refractivity contribution in [2.75, 3.05) is 26.2 Å². The Kier molecular flexibility index (Phi) is 6.60. The fourth-order valence-electron chi connectivity index (χ4n) is 4.16. The second kappa shape index (κ2) is 9.25. The first-order chi connectivity index (χ1) is 15.2. The van der Waals surface area contributed by atoms with Crippen LogP contribution in [0.15, 0.2) is 59.6 Å². The summed E-state index contributed by atoms with van der Waals surface area (Å²) in [5, 5.41) is 1.09.